The summed E-state index contributed by atoms with van der Waals surface area (Å²) in [5, 5.41) is 35.1. The van der Waals surface area contributed by atoms with E-state index < -0.39 is 52.6 Å². The quantitative estimate of drug-likeness (QED) is 0.317. The Hall–Kier alpha value is -4.31. The van der Waals surface area contributed by atoms with Gasteiger partial charge in [-0.2, -0.15) is 0 Å². The van der Waals surface area contributed by atoms with Crippen LogP contribution in [0.25, 0.3) is 0 Å². The number of rotatable bonds is 8. The summed E-state index contributed by atoms with van der Waals surface area (Å²) in [5.74, 6) is -5.53. The van der Waals surface area contributed by atoms with Crippen LogP contribution in [0.5, 0.6) is 11.6 Å². The number of nitrogens with one attached hydrogen (secondary N) is 2. The molecule has 0 saturated carbocycles. The molecular weight excluding hydrogens is 478 g/mol. The minimum atomic E-state index is -1.39. The van der Waals surface area contributed by atoms with Crippen LogP contribution >= 0.6 is 11.6 Å². The number of aromatic hydroxyl groups is 2. The second-order valence-electron chi connectivity index (χ2n) is 7.65. The molecular formula is C24H22ClN3O7. The van der Waals surface area contributed by atoms with Crippen molar-refractivity contribution in [3.63, 3.8) is 0 Å². The number of carboxylic acid groups (broad SMARTS) is 1. The van der Waals surface area contributed by atoms with Crippen molar-refractivity contribution in [1.29, 1.82) is 0 Å². The smallest absolute Gasteiger partial charge is 0.322 e. The van der Waals surface area contributed by atoms with Crippen LogP contribution < -0.4 is 16.2 Å². The van der Waals surface area contributed by atoms with E-state index in [-0.39, 0.29) is 18.1 Å². The Morgan fingerprint density at radius 3 is 2.31 bits per heavy atom. The molecule has 0 unspecified atom stereocenters. The molecule has 0 radical (unpaired) electrons. The van der Waals surface area contributed by atoms with E-state index in [1.54, 1.807) is 36.4 Å². The second-order valence-corrected chi connectivity index (χ2v) is 8.06. The molecule has 0 saturated heterocycles. The Kier molecular flexibility index (Phi) is 7.77. The van der Waals surface area contributed by atoms with E-state index in [1.165, 1.54) is 0 Å². The third kappa shape index (κ3) is 5.79. The first-order chi connectivity index (χ1) is 16.6. The maximum absolute atomic E-state index is 13.1. The third-order valence-corrected chi connectivity index (χ3v) is 5.46. The van der Waals surface area contributed by atoms with Crippen molar-refractivity contribution >= 4 is 29.4 Å². The van der Waals surface area contributed by atoms with Crippen LogP contribution in [0.2, 0.25) is 5.02 Å². The highest BCUT2D eigenvalue weighted by atomic mass is 35.5. The van der Waals surface area contributed by atoms with Gasteiger partial charge in [-0.3, -0.25) is 23.7 Å². The van der Waals surface area contributed by atoms with E-state index in [0.29, 0.717) is 10.1 Å². The Morgan fingerprint density at radius 1 is 0.971 bits per heavy atom. The molecule has 0 aliphatic heterocycles. The second kappa shape index (κ2) is 10.7. The Bertz CT molecular complexity index is 1370. The first kappa shape index (κ1) is 25.3. The molecule has 0 atom stereocenters. The fraction of sp³-hybridized carbons (Fsp3) is 0.167. The molecule has 1 aromatic heterocycles. The number of aliphatic carboxylic acids is 1. The van der Waals surface area contributed by atoms with Gasteiger partial charge in [0.25, 0.3) is 17.4 Å². The number of halogens is 1. The van der Waals surface area contributed by atoms with Crippen LogP contribution in [-0.4, -0.2) is 44.2 Å². The van der Waals surface area contributed by atoms with Gasteiger partial charge in [-0.15, -0.1) is 0 Å². The molecule has 3 aromatic rings. The van der Waals surface area contributed by atoms with Gasteiger partial charge in [0.15, 0.2) is 5.75 Å². The lowest BCUT2D eigenvalue weighted by Crippen LogP contribution is -2.37. The van der Waals surface area contributed by atoms with Gasteiger partial charge in [-0.25, -0.2) is 0 Å². The van der Waals surface area contributed by atoms with Crippen molar-refractivity contribution in [3.8, 4) is 11.6 Å². The topological polar surface area (TPSA) is 158 Å². The van der Waals surface area contributed by atoms with Crippen molar-refractivity contribution in [3.05, 3.63) is 91.7 Å². The minimum Gasteiger partial charge on any atom is -0.506 e. The molecule has 182 valence electrons. The van der Waals surface area contributed by atoms with Crippen LogP contribution in [-0.2, 0) is 17.9 Å². The fourth-order valence-corrected chi connectivity index (χ4v) is 3.59. The van der Waals surface area contributed by atoms with Gasteiger partial charge >= 0.3 is 5.97 Å². The van der Waals surface area contributed by atoms with Crippen LogP contribution in [0.15, 0.2) is 53.3 Å². The maximum Gasteiger partial charge on any atom is 0.322 e. The molecule has 35 heavy (non-hydrogen) atoms. The number of nitrogens with zero attached hydrogens (tertiary/aromatic N) is 1. The van der Waals surface area contributed by atoms with Crippen molar-refractivity contribution in [2.24, 2.45) is 0 Å². The molecule has 2 amide bonds. The van der Waals surface area contributed by atoms with Crippen molar-refractivity contribution in [1.82, 2.24) is 15.2 Å². The summed E-state index contributed by atoms with van der Waals surface area (Å²) in [6.07, 6.45) is 0. The number of aryl methyl sites for hydroxylation is 1. The Labute approximate surface area is 204 Å². The van der Waals surface area contributed by atoms with Crippen LogP contribution in [0.3, 0.4) is 0 Å². The van der Waals surface area contributed by atoms with E-state index in [0.717, 1.165) is 11.1 Å². The summed E-state index contributed by atoms with van der Waals surface area (Å²) in [4.78, 5) is 49.5. The molecule has 0 aliphatic rings. The summed E-state index contributed by atoms with van der Waals surface area (Å²) in [6.45, 7) is 0.735. The van der Waals surface area contributed by atoms with Crippen LogP contribution in [0, 0.1) is 6.92 Å². The highest BCUT2D eigenvalue weighted by Gasteiger charge is 2.30. The summed E-state index contributed by atoms with van der Waals surface area (Å²) in [5.41, 5.74) is -0.672. The first-order valence-electron chi connectivity index (χ1n) is 10.4. The van der Waals surface area contributed by atoms with E-state index in [1.807, 2.05) is 24.4 Å². The highest BCUT2D eigenvalue weighted by molar-refractivity contribution is 6.31. The van der Waals surface area contributed by atoms with Crippen LogP contribution in [0.1, 0.15) is 37.4 Å². The zero-order valence-electron chi connectivity index (χ0n) is 18.5. The number of carbonyl (C=O) groups is 3. The summed E-state index contributed by atoms with van der Waals surface area (Å²) >= 11 is 6.16. The van der Waals surface area contributed by atoms with Gasteiger partial charge in [0, 0.05) is 11.6 Å². The zero-order chi connectivity index (χ0) is 25.7. The van der Waals surface area contributed by atoms with Gasteiger partial charge in [0.05, 0.1) is 6.54 Å². The molecule has 3 rings (SSSR count). The molecule has 0 fully saturated rings. The Balaban J connectivity index is 2.08. The molecule has 1 heterocycles. The molecule has 11 heteroatoms. The van der Waals surface area contributed by atoms with Crippen LogP contribution in [0.4, 0.5) is 0 Å². The fourth-order valence-electron chi connectivity index (χ4n) is 3.39. The maximum atomic E-state index is 13.1. The number of carboxylic acids is 1. The molecule has 0 bridgehead atoms. The highest BCUT2D eigenvalue weighted by Crippen LogP contribution is 2.29. The lowest BCUT2D eigenvalue weighted by molar-refractivity contribution is -0.135. The number of carbonyl (C=O) groups excluding carboxylic acids is 2. The minimum absolute atomic E-state index is 0.0313. The molecule has 2 aromatic carbocycles. The first-order valence-corrected chi connectivity index (χ1v) is 10.7. The largest absolute Gasteiger partial charge is 0.506 e. The molecule has 10 nitrogen and oxygen atoms in total. The van der Waals surface area contributed by atoms with Gasteiger partial charge < -0.3 is 26.0 Å². The number of hydrogen-bond donors (Lipinski definition) is 5. The van der Waals surface area contributed by atoms with Gasteiger partial charge in [-0.1, -0.05) is 59.6 Å². The van der Waals surface area contributed by atoms with Crippen molar-refractivity contribution in [2.45, 2.75) is 20.0 Å². The van der Waals surface area contributed by atoms with E-state index in [2.05, 4.69) is 5.32 Å². The summed E-state index contributed by atoms with van der Waals surface area (Å²) in [7, 11) is 0. The van der Waals surface area contributed by atoms with Crippen molar-refractivity contribution in [2.75, 3.05) is 6.54 Å². The van der Waals surface area contributed by atoms with Gasteiger partial charge in [0.1, 0.15) is 17.7 Å². The third-order valence-electron chi connectivity index (χ3n) is 5.09. The average Bonchev–Trinajstić information content (AvgIpc) is 2.80. The zero-order valence-corrected chi connectivity index (χ0v) is 19.3. The SMILES string of the molecule is Cc1cccc(CNC(=O)c2c(O)c(C(=O)NCC(=O)O)c(=O)n(Cc3ccccc3Cl)c2O)c1. The van der Waals surface area contributed by atoms with E-state index in [4.69, 9.17) is 16.7 Å². The normalized spacial score (nSPS) is 10.6. The number of pyridine rings is 1. The molecule has 5 N–H and O–H groups in total. The number of hydrogen-bond acceptors (Lipinski definition) is 6. The van der Waals surface area contributed by atoms with Gasteiger partial charge in [0.2, 0.25) is 5.88 Å². The van der Waals surface area contributed by atoms with Crippen molar-refractivity contribution < 1.29 is 29.7 Å². The molecule has 0 aliphatic carbocycles. The summed E-state index contributed by atoms with van der Waals surface area (Å²) < 4.78 is 0.707. The predicted octanol–water partition coefficient (Wildman–Crippen LogP) is 2.01. The number of benzene rings is 2. The van der Waals surface area contributed by atoms with E-state index >= 15 is 0 Å². The molecule has 0 spiro atoms. The average molecular weight is 500 g/mol. The Morgan fingerprint density at radius 2 is 1.66 bits per heavy atom. The lowest BCUT2D eigenvalue weighted by Gasteiger charge is -2.17. The number of aromatic nitrogens is 1. The monoisotopic (exact) mass is 499 g/mol. The van der Waals surface area contributed by atoms with Gasteiger partial charge in [-0.05, 0) is 24.1 Å². The lowest BCUT2D eigenvalue weighted by atomic mass is 10.1. The summed E-state index contributed by atoms with van der Waals surface area (Å²) in [6, 6.07) is 13.7. The predicted molar refractivity (Wildman–Crippen MR) is 127 cm³/mol. The standard InChI is InChI=1S/C24H22ClN3O7/c1-13-5-4-6-14(9-13)10-26-21(32)18-20(31)19(22(33)27-11-17(29)30)24(35)28(23(18)34)12-15-7-2-3-8-16(15)25/h2-9,31,34H,10-12H2,1H3,(H,26,32)(H,27,33)(H,29,30). The number of amides is 2. The van der Waals surface area contributed by atoms with E-state index in [9.17, 15) is 29.4 Å².